The zero-order valence-corrected chi connectivity index (χ0v) is 15.3. The Morgan fingerprint density at radius 1 is 0.962 bits per heavy atom. The summed E-state index contributed by atoms with van der Waals surface area (Å²) in [4.78, 5) is 15.6. The maximum Gasteiger partial charge on any atom is 0.196 e. The van der Waals surface area contributed by atoms with E-state index < -0.39 is 0 Å². The molecule has 3 aromatic rings. The fraction of sp³-hybridized carbons (Fsp3) is 0.348. The van der Waals surface area contributed by atoms with Crippen LogP contribution in [0.3, 0.4) is 0 Å². The molecule has 2 aromatic carbocycles. The molecule has 4 rings (SSSR count). The van der Waals surface area contributed by atoms with Crippen LogP contribution in [0.15, 0.2) is 57.7 Å². The first-order valence-corrected chi connectivity index (χ1v) is 9.57. The molecule has 0 aliphatic carbocycles. The first-order chi connectivity index (χ1) is 12.7. The van der Waals surface area contributed by atoms with Crippen LogP contribution in [0.25, 0.3) is 22.3 Å². The van der Waals surface area contributed by atoms with Gasteiger partial charge < -0.3 is 9.32 Å². The van der Waals surface area contributed by atoms with E-state index in [0.717, 1.165) is 29.5 Å². The minimum absolute atomic E-state index is 0.0966. The molecule has 0 radical (unpaired) electrons. The van der Waals surface area contributed by atoms with E-state index in [-0.39, 0.29) is 5.43 Å². The molecule has 0 atom stereocenters. The van der Waals surface area contributed by atoms with E-state index in [9.17, 15) is 4.79 Å². The molecule has 0 bridgehead atoms. The summed E-state index contributed by atoms with van der Waals surface area (Å²) in [5.74, 6) is 0.677. The van der Waals surface area contributed by atoms with Gasteiger partial charge in [0.25, 0.3) is 0 Å². The van der Waals surface area contributed by atoms with E-state index in [1.807, 2.05) is 49.4 Å². The van der Waals surface area contributed by atoms with Gasteiger partial charge in [-0.05, 0) is 50.9 Å². The van der Waals surface area contributed by atoms with Gasteiger partial charge in [0.2, 0.25) is 0 Å². The molecule has 1 aliphatic heterocycles. The van der Waals surface area contributed by atoms with E-state index >= 15 is 0 Å². The first-order valence-electron chi connectivity index (χ1n) is 9.57. The van der Waals surface area contributed by atoms with Crippen molar-refractivity contribution in [1.29, 1.82) is 0 Å². The van der Waals surface area contributed by atoms with Crippen LogP contribution in [0.4, 0.5) is 0 Å². The molecular formula is C23H25NO2. The van der Waals surface area contributed by atoms with Crippen molar-refractivity contribution in [3.63, 3.8) is 0 Å². The minimum atomic E-state index is 0.0966. The number of piperidine rings is 1. The van der Waals surface area contributed by atoms with Crippen molar-refractivity contribution in [3.8, 4) is 11.3 Å². The lowest BCUT2D eigenvalue weighted by atomic mass is 10.0. The molecule has 3 nitrogen and oxygen atoms in total. The Balaban J connectivity index is 1.72. The maximum absolute atomic E-state index is 13.1. The fourth-order valence-corrected chi connectivity index (χ4v) is 3.93. The van der Waals surface area contributed by atoms with Crippen molar-refractivity contribution < 1.29 is 4.42 Å². The van der Waals surface area contributed by atoms with Gasteiger partial charge in [-0.25, -0.2) is 0 Å². The number of likely N-dealkylation sites (tertiary alicyclic amines) is 1. The highest BCUT2D eigenvalue weighted by Crippen LogP contribution is 2.27. The minimum Gasteiger partial charge on any atom is -0.456 e. The Labute approximate surface area is 154 Å². The van der Waals surface area contributed by atoms with Crippen molar-refractivity contribution in [2.24, 2.45) is 0 Å². The van der Waals surface area contributed by atoms with Crippen LogP contribution >= 0.6 is 0 Å². The van der Waals surface area contributed by atoms with Gasteiger partial charge >= 0.3 is 0 Å². The highest BCUT2D eigenvalue weighted by Gasteiger charge is 2.16. The number of rotatable bonds is 4. The van der Waals surface area contributed by atoms with Crippen LogP contribution in [-0.2, 0) is 6.42 Å². The molecule has 0 amide bonds. The van der Waals surface area contributed by atoms with Crippen LogP contribution < -0.4 is 5.43 Å². The summed E-state index contributed by atoms with van der Waals surface area (Å²) in [6.07, 6.45) is 4.82. The predicted molar refractivity (Wildman–Crippen MR) is 107 cm³/mol. The van der Waals surface area contributed by atoms with Gasteiger partial charge in [-0.2, -0.15) is 0 Å². The highest BCUT2D eigenvalue weighted by molar-refractivity contribution is 5.83. The second kappa shape index (κ2) is 7.46. The second-order valence-corrected chi connectivity index (χ2v) is 7.19. The molecule has 1 aliphatic rings. The Hall–Kier alpha value is -2.39. The third-order valence-corrected chi connectivity index (χ3v) is 5.41. The molecule has 2 heterocycles. The molecule has 1 saturated heterocycles. The summed E-state index contributed by atoms with van der Waals surface area (Å²) >= 11 is 0. The Morgan fingerprint density at radius 3 is 2.50 bits per heavy atom. The largest absolute Gasteiger partial charge is 0.456 e. The summed E-state index contributed by atoms with van der Waals surface area (Å²) in [6.45, 7) is 5.24. The van der Waals surface area contributed by atoms with E-state index in [0.29, 0.717) is 16.9 Å². The number of nitrogens with zero attached hydrogens (tertiary/aromatic N) is 1. The van der Waals surface area contributed by atoms with E-state index in [1.165, 1.54) is 32.4 Å². The summed E-state index contributed by atoms with van der Waals surface area (Å²) in [5, 5.41) is 0.752. The molecule has 0 saturated carbocycles. The van der Waals surface area contributed by atoms with Gasteiger partial charge in [0.05, 0.1) is 5.39 Å². The zero-order chi connectivity index (χ0) is 17.9. The normalized spacial score (nSPS) is 15.4. The van der Waals surface area contributed by atoms with Crippen LogP contribution in [0, 0.1) is 6.92 Å². The lowest BCUT2D eigenvalue weighted by molar-refractivity contribution is 0.231. The lowest BCUT2D eigenvalue weighted by Crippen LogP contribution is -2.31. The van der Waals surface area contributed by atoms with Crippen LogP contribution in [0.5, 0.6) is 0 Å². The van der Waals surface area contributed by atoms with Gasteiger partial charge in [-0.15, -0.1) is 0 Å². The monoisotopic (exact) mass is 347 g/mol. The van der Waals surface area contributed by atoms with E-state index in [4.69, 9.17) is 4.42 Å². The molecule has 0 spiro atoms. The van der Waals surface area contributed by atoms with E-state index in [2.05, 4.69) is 11.0 Å². The van der Waals surface area contributed by atoms with Crippen molar-refractivity contribution in [2.45, 2.75) is 32.6 Å². The maximum atomic E-state index is 13.1. The van der Waals surface area contributed by atoms with Gasteiger partial charge in [0.15, 0.2) is 5.43 Å². The topological polar surface area (TPSA) is 33.5 Å². The molecule has 3 heteroatoms. The molecule has 26 heavy (non-hydrogen) atoms. The zero-order valence-electron chi connectivity index (χ0n) is 15.3. The summed E-state index contributed by atoms with van der Waals surface area (Å²) < 4.78 is 6.18. The number of hydrogen-bond donors (Lipinski definition) is 0. The van der Waals surface area contributed by atoms with Gasteiger partial charge in [0, 0.05) is 17.7 Å². The summed E-state index contributed by atoms with van der Waals surface area (Å²) in [5.41, 5.74) is 3.52. The number of benzene rings is 2. The molecule has 0 N–H and O–H groups in total. The lowest BCUT2D eigenvalue weighted by Gasteiger charge is -2.26. The van der Waals surface area contributed by atoms with Crippen molar-refractivity contribution >= 4 is 11.0 Å². The van der Waals surface area contributed by atoms with E-state index in [1.54, 1.807) is 0 Å². The standard InChI is InChI=1S/C23H25NO2/c1-17-22(25)21-18(13-16-24-14-6-3-7-15-24)11-8-12-20(21)26-23(17)19-9-4-2-5-10-19/h2,4-5,8-12H,3,6-7,13-16H2,1H3. The highest BCUT2D eigenvalue weighted by atomic mass is 16.3. The smallest absolute Gasteiger partial charge is 0.196 e. The van der Waals surface area contributed by atoms with Crippen molar-refractivity contribution in [1.82, 2.24) is 4.90 Å². The van der Waals surface area contributed by atoms with Crippen LogP contribution in [0.1, 0.15) is 30.4 Å². The molecule has 1 fully saturated rings. The van der Waals surface area contributed by atoms with Gasteiger partial charge in [0.1, 0.15) is 11.3 Å². The van der Waals surface area contributed by atoms with Crippen molar-refractivity contribution in [2.75, 3.05) is 19.6 Å². The molecule has 0 unspecified atom stereocenters. The quantitative estimate of drug-likeness (QED) is 0.680. The number of fused-ring (bicyclic) bond motifs is 1. The SMILES string of the molecule is Cc1c(-c2ccccc2)oc2cccc(CCN3CCCCC3)c2c1=O. The number of hydrogen-bond acceptors (Lipinski definition) is 3. The second-order valence-electron chi connectivity index (χ2n) is 7.19. The molecular weight excluding hydrogens is 322 g/mol. The fourth-order valence-electron chi connectivity index (χ4n) is 3.93. The summed E-state index contributed by atoms with van der Waals surface area (Å²) in [6, 6.07) is 15.9. The Bertz CT molecular complexity index is 953. The molecule has 1 aromatic heterocycles. The molecule has 134 valence electrons. The average molecular weight is 347 g/mol. The third-order valence-electron chi connectivity index (χ3n) is 5.41. The van der Waals surface area contributed by atoms with Gasteiger partial charge in [-0.1, -0.05) is 48.9 Å². The predicted octanol–water partition coefficient (Wildman–Crippen LogP) is 4.80. The van der Waals surface area contributed by atoms with Crippen molar-refractivity contribution in [3.05, 3.63) is 69.9 Å². The average Bonchev–Trinajstić information content (AvgIpc) is 2.70. The first kappa shape index (κ1) is 17.0. The van der Waals surface area contributed by atoms with Gasteiger partial charge in [-0.3, -0.25) is 4.79 Å². The van der Waals surface area contributed by atoms with Crippen LogP contribution in [0.2, 0.25) is 0 Å². The third kappa shape index (κ3) is 3.32. The Kier molecular flexibility index (Phi) is 4.89. The Morgan fingerprint density at radius 2 is 1.73 bits per heavy atom. The summed E-state index contributed by atoms with van der Waals surface area (Å²) in [7, 11) is 0. The van der Waals surface area contributed by atoms with Crippen LogP contribution in [-0.4, -0.2) is 24.5 Å².